The van der Waals surface area contributed by atoms with Gasteiger partial charge in [0.05, 0.1) is 23.2 Å². The Bertz CT molecular complexity index is 890. The molecular formula is C19H21F3N6. The zero-order chi connectivity index (χ0) is 20.5. The van der Waals surface area contributed by atoms with Crippen LogP contribution in [0.15, 0.2) is 30.5 Å². The predicted molar refractivity (Wildman–Crippen MR) is 102 cm³/mol. The number of nitrogens with zero attached hydrogens (tertiary/aromatic N) is 6. The van der Waals surface area contributed by atoms with Gasteiger partial charge in [-0.05, 0) is 30.7 Å². The summed E-state index contributed by atoms with van der Waals surface area (Å²) in [5, 5.41) is 8.95. The molecular weight excluding hydrogens is 369 g/mol. The van der Waals surface area contributed by atoms with Crippen molar-refractivity contribution in [3.63, 3.8) is 0 Å². The molecule has 0 radical (unpaired) electrons. The van der Waals surface area contributed by atoms with Crippen LogP contribution in [0.5, 0.6) is 0 Å². The van der Waals surface area contributed by atoms with Gasteiger partial charge in [0.25, 0.3) is 0 Å². The third-order valence-corrected chi connectivity index (χ3v) is 4.91. The summed E-state index contributed by atoms with van der Waals surface area (Å²) in [4.78, 5) is 14.6. The number of hydrogen-bond donors (Lipinski definition) is 0. The van der Waals surface area contributed by atoms with Crippen LogP contribution in [0.1, 0.15) is 17.5 Å². The Labute approximate surface area is 161 Å². The van der Waals surface area contributed by atoms with E-state index in [1.807, 2.05) is 41.9 Å². The molecule has 3 rings (SSSR count). The Morgan fingerprint density at radius 1 is 1.21 bits per heavy atom. The quantitative estimate of drug-likeness (QED) is 0.799. The molecule has 0 N–H and O–H groups in total. The summed E-state index contributed by atoms with van der Waals surface area (Å²) in [6.45, 7) is 1.17. The van der Waals surface area contributed by atoms with Gasteiger partial charge >= 0.3 is 6.18 Å². The minimum Gasteiger partial charge on any atom is -0.369 e. The second-order valence-electron chi connectivity index (χ2n) is 6.95. The molecule has 9 heteroatoms. The van der Waals surface area contributed by atoms with Gasteiger partial charge in [-0.25, -0.2) is 4.98 Å². The molecule has 1 fully saturated rings. The van der Waals surface area contributed by atoms with Crippen molar-refractivity contribution in [2.45, 2.75) is 18.6 Å². The molecule has 0 spiro atoms. The van der Waals surface area contributed by atoms with Crippen molar-refractivity contribution in [1.82, 2.24) is 9.97 Å². The van der Waals surface area contributed by atoms with Gasteiger partial charge < -0.3 is 14.7 Å². The van der Waals surface area contributed by atoms with E-state index in [0.717, 1.165) is 18.3 Å². The zero-order valence-corrected chi connectivity index (χ0v) is 15.9. The summed E-state index contributed by atoms with van der Waals surface area (Å²) in [5.41, 5.74) is -0.797. The summed E-state index contributed by atoms with van der Waals surface area (Å²) >= 11 is 0. The van der Waals surface area contributed by atoms with Gasteiger partial charge in [-0.15, -0.1) is 0 Å². The van der Waals surface area contributed by atoms with Crippen molar-refractivity contribution in [3.8, 4) is 6.07 Å². The Morgan fingerprint density at radius 3 is 2.61 bits per heavy atom. The number of benzene rings is 1. The molecule has 2 heterocycles. The van der Waals surface area contributed by atoms with E-state index in [2.05, 4.69) is 9.97 Å². The van der Waals surface area contributed by atoms with Crippen molar-refractivity contribution in [1.29, 1.82) is 5.26 Å². The number of hydrogen-bond acceptors (Lipinski definition) is 6. The number of rotatable bonds is 4. The molecule has 0 saturated carbocycles. The lowest BCUT2D eigenvalue weighted by Crippen LogP contribution is -2.36. The van der Waals surface area contributed by atoms with E-state index in [4.69, 9.17) is 5.26 Å². The lowest BCUT2D eigenvalue weighted by molar-refractivity contribution is -0.137. The first-order valence-electron chi connectivity index (χ1n) is 8.80. The fourth-order valence-corrected chi connectivity index (χ4v) is 3.27. The van der Waals surface area contributed by atoms with E-state index in [9.17, 15) is 13.2 Å². The molecule has 1 aromatic carbocycles. The molecule has 2 aromatic rings. The monoisotopic (exact) mass is 390 g/mol. The Morgan fingerprint density at radius 2 is 1.96 bits per heavy atom. The van der Waals surface area contributed by atoms with Gasteiger partial charge in [-0.1, -0.05) is 0 Å². The fourth-order valence-electron chi connectivity index (χ4n) is 3.27. The SMILES string of the molecule is CN(C)c1ccnc(N(C)C2CCN(c3ccc(C#N)c(C(F)(F)F)c3)C2)n1. The van der Waals surface area contributed by atoms with Crippen LogP contribution >= 0.6 is 0 Å². The minimum atomic E-state index is -4.56. The molecule has 148 valence electrons. The molecule has 28 heavy (non-hydrogen) atoms. The smallest absolute Gasteiger partial charge is 0.369 e. The third-order valence-electron chi connectivity index (χ3n) is 4.91. The van der Waals surface area contributed by atoms with Crippen LogP contribution in [-0.2, 0) is 6.18 Å². The third kappa shape index (κ3) is 3.96. The molecule has 1 aliphatic heterocycles. The van der Waals surface area contributed by atoms with E-state index in [1.165, 1.54) is 6.07 Å². The highest BCUT2D eigenvalue weighted by Gasteiger charge is 2.35. The second kappa shape index (κ2) is 7.54. The molecule has 0 amide bonds. The number of anilines is 3. The lowest BCUT2D eigenvalue weighted by atomic mass is 10.1. The number of likely N-dealkylation sites (N-methyl/N-ethyl adjacent to an activating group) is 1. The van der Waals surface area contributed by atoms with Crippen LogP contribution in [-0.4, -0.2) is 50.2 Å². The van der Waals surface area contributed by atoms with Crippen molar-refractivity contribution in [2.75, 3.05) is 48.9 Å². The Hall–Kier alpha value is -3.02. The number of halogens is 3. The van der Waals surface area contributed by atoms with Gasteiger partial charge in [0.15, 0.2) is 0 Å². The topological polar surface area (TPSA) is 59.3 Å². The van der Waals surface area contributed by atoms with E-state index in [0.29, 0.717) is 24.7 Å². The Kier molecular flexibility index (Phi) is 5.31. The molecule has 0 bridgehead atoms. The van der Waals surface area contributed by atoms with Gasteiger partial charge in [0.1, 0.15) is 5.82 Å². The zero-order valence-electron chi connectivity index (χ0n) is 15.9. The molecule has 1 aliphatic rings. The summed E-state index contributed by atoms with van der Waals surface area (Å²) in [6.07, 6.45) is -2.10. The molecule has 6 nitrogen and oxygen atoms in total. The second-order valence-corrected chi connectivity index (χ2v) is 6.95. The number of aromatic nitrogens is 2. The average Bonchev–Trinajstić information content (AvgIpc) is 3.16. The summed E-state index contributed by atoms with van der Waals surface area (Å²) in [5.74, 6) is 1.36. The molecule has 0 aliphatic carbocycles. The average molecular weight is 390 g/mol. The van der Waals surface area contributed by atoms with E-state index >= 15 is 0 Å². The maximum absolute atomic E-state index is 13.2. The summed E-state index contributed by atoms with van der Waals surface area (Å²) < 4.78 is 39.7. The van der Waals surface area contributed by atoms with Crippen LogP contribution < -0.4 is 14.7 Å². The van der Waals surface area contributed by atoms with Crippen molar-refractivity contribution in [2.24, 2.45) is 0 Å². The lowest BCUT2D eigenvalue weighted by Gasteiger charge is -2.26. The maximum Gasteiger partial charge on any atom is 0.417 e. The first-order chi connectivity index (χ1) is 13.2. The van der Waals surface area contributed by atoms with Crippen LogP contribution in [0.4, 0.5) is 30.6 Å². The fraction of sp³-hybridized carbons (Fsp3) is 0.421. The highest BCUT2D eigenvalue weighted by molar-refractivity contribution is 5.56. The van der Waals surface area contributed by atoms with E-state index < -0.39 is 11.7 Å². The van der Waals surface area contributed by atoms with E-state index in [1.54, 1.807) is 18.3 Å². The number of alkyl halides is 3. The van der Waals surface area contributed by atoms with Gasteiger partial charge in [0, 0.05) is 46.1 Å². The van der Waals surface area contributed by atoms with Crippen LogP contribution in [0.25, 0.3) is 0 Å². The molecule has 1 saturated heterocycles. The molecule has 1 atom stereocenters. The Balaban J connectivity index is 1.79. The standard InChI is InChI=1S/C19H21F3N6/c1-26(2)17-6-8-24-18(25-17)27(3)15-7-9-28(12-15)14-5-4-13(11-23)16(10-14)19(20,21)22/h4-6,8,10,15H,7,9,12H2,1-3H3. The largest absolute Gasteiger partial charge is 0.417 e. The normalized spacial score (nSPS) is 16.8. The highest BCUT2D eigenvalue weighted by Crippen LogP contribution is 2.35. The molecule has 1 unspecified atom stereocenters. The van der Waals surface area contributed by atoms with Crippen LogP contribution in [0.2, 0.25) is 0 Å². The predicted octanol–water partition coefficient (Wildman–Crippen LogP) is 3.15. The first kappa shape index (κ1) is 19.7. The van der Waals surface area contributed by atoms with Gasteiger partial charge in [-0.3, -0.25) is 0 Å². The van der Waals surface area contributed by atoms with E-state index in [-0.39, 0.29) is 11.6 Å². The molecule has 1 aromatic heterocycles. The van der Waals surface area contributed by atoms with Gasteiger partial charge in [0.2, 0.25) is 5.95 Å². The minimum absolute atomic E-state index is 0.0717. The maximum atomic E-state index is 13.2. The van der Waals surface area contributed by atoms with Crippen LogP contribution in [0.3, 0.4) is 0 Å². The van der Waals surface area contributed by atoms with Crippen molar-refractivity contribution < 1.29 is 13.2 Å². The van der Waals surface area contributed by atoms with Crippen LogP contribution in [0, 0.1) is 11.3 Å². The number of nitriles is 1. The van der Waals surface area contributed by atoms with Gasteiger partial charge in [-0.2, -0.15) is 23.4 Å². The van der Waals surface area contributed by atoms with Crippen molar-refractivity contribution >= 4 is 17.5 Å². The highest BCUT2D eigenvalue weighted by atomic mass is 19.4. The summed E-state index contributed by atoms with van der Waals surface area (Å²) in [6, 6.07) is 7.36. The first-order valence-corrected chi connectivity index (χ1v) is 8.80. The van der Waals surface area contributed by atoms with Crippen molar-refractivity contribution in [3.05, 3.63) is 41.6 Å². The summed E-state index contributed by atoms with van der Waals surface area (Å²) in [7, 11) is 5.68.